The fourth-order valence-corrected chi connectivity index (χ4v) is 8.24. The number of hydrogen-bond acceptors (Lipinski definition) is 16. The Kier molecular flexibility index (Phi) is 23.7. The smallest absolute Gasteiger partial charge is 0.250 e. The van der Waals surface area contributed by atoms with Gasteiger partial charge in [0, 0.05) is 129 Å². The van der Waals surface area contributed by atoms with Crippen LogP contribution >= 0.6 is 27.5 Å². The number of fused-ring (bicyclic) bond motifs is 2. The summed E-state index contributed by atoms with van der Waals surface area (Å²) in [6.45, 7) is 11.6. The largest absolute Gasteiger partial charge is 0.497 e. The van der Waals surface area contributed by atoms with E-state index in [-0.39, 0.29) is 29.9 Å². The molecule has 3 saturated heterocycles. The van der Waals surface area contributed by atoms with E-state index in [4.69, 9.17) is 50.2 Å². The highest BCUT2D eigenvalue weighted by atomic mass is 79.9. The number of ether oxygens (including phenoxy) is 6. The maximum atomic E-state index is 12.2. The van der Waals surface area contributed by atoms with E-state index in [1.54, 1.807) is 67.8 Å². The lowest BCUT2D eigenvalue weighted by Crippen LogP contribution is -2.37. The summed E-state index contributed by atoms with van der Waals surface area (Å²) in [5, 5.41) is 23.2. The lowest BCUT2D eigenvalue weighted by molar-refractivity contribution is 0.109. The van der Waals surface area contributed by atoms with Gasteiger partial charge < -0.3 is 67.5 Å². The highest BCUT2D eigenvalue weighted by Gasteiger charge is 2.14. The van der Waals surface area contributed by atoms with Gasteiger partial charge in [-0.15, -0.1) is 0 Å². The number of aliphatic hydroxyl groups is 2. The molecule has 396 valence electrons. The zero-order valence-electron chi connectivity index (χ0n) is 41.7. The van der Waals surface area contributed by atoms with E-state index in [1.807, 2.05) is 60.8 Å². The van der Waals surface area contributed by atoms with E-state index < -0.39 is 0 Å². The topological polar surface area (TPSA) is 206 Å². The maximum Gasteiger partial charge on any atom is 0.250 e. The highest BCUT2D eigenvalue weighted by molar-refractivity contribution is 9.10. The van der Waals surface area contributed by atoms with E-state index in [0.29, 0.717) is 44.5 Å². The molecule has 0 unspecified atom stereocenters. The number of benzene rings is 2. The molecular formula is C53H64BrClN8O11. The molecule has 74 heavy (non-hydrogen) atoms. The van der Waals surface area contributed by atoms with Crippen molar-refractivity contribution in [2.24, 2.45) is 0 Å². The highest BCUT2D eigenvalue weighted by Crippen LogP contribution is 2.28. The maximum absolute atomic E-state index is 12.2. The normalized spacial score (nSPS) is 14.2. The van der Waals surface area contributed by atoms with Gasteiger partial charge in [-0.1, -0.05) is 11.6 Å². The standard InChI is InChI=1S/C21H23N3O4.C11H16N2O3.C10H8ClNO.C7H8BrNO2.C4H9NO/c1-26-17-3-4-18-19(14-17)22-7-6-20(18)28-13-10-24-15-16(2-5-21(24)25)23-8-11-27-12-9-23;14-6-3-13-9-10(1-2-11(13)15)12-4-7-16-8-5-12;1-13-7-2-3-8-9(11)4-5-12-10(8)6-7;8-6-1-2-7(11)9(5-6)3-4-10;1-3-6-4-2-5-1/h2-7,14-15H,8-13H2,1H3;1-2,9,14H,3-8H2;2-6H,1H3;1-2,5,10H,3-4H2;5H,1-4H2. The van der Waals surface area contributed by atoms with Crippen molar-refractivity contribution < 1.29 is 38.6 Å². The van der Waals surface area contributed by atoms with Gasteiger partial charge in [-0.2, -0.15) is 0 Å². The number of methoxy groups -OCH3 is 2. The third-order valence-corrected chi connectivity index (χ3v) is 12.4. The molecule has 3 aliphatic heterocycles. The monoisotopic (exact) mass is 1100 g/mol. The van der Waals surface area contributed by atoms with E-state index in [9.17, 15) is 14.4 Å². The molecule has 0 saturated carbocycles. The number of aromatic nitrogens is 5. The molecule has 3 fully saturated rings. The summed E-state index contributed by atoms with van der Waals surface area (Å²) >= 11 is 9.20. The Labute approximate surface area is 442 Å². The molecule has 19 nitrogen and oxygen atoms in total. The Hall–Kier alpha value is -6.36. The van der Waals surface area contributed by atoms with Gasteiger partial charge in [0.25, 0.3) is 16.7 Å². The molecule has 0 radical (unpaired) electrons. The molecule has 0 amide bonds. The first kappa shape index (κ1) is 56.9. The lowest BCUT2D eigenvalue weighted by atomic mass is 10.2. The van der Waals surface area contributed by atoms with E-state index in [0.717, 1.165) is 121 Å². The first-order valence-corrected chi connectivity index (χ1v) is 25.3. The summed E-state index contributed by atoms with van der Waals surface area (Å²) in [6.07, 6.45) is 8.74. The molecule has 8 heterocycles. The number of aliphatic hydroxyl groups excluding tert-OH is 2. The molecule has 5 aromatic heterocycles. The van der Waals surface area contributed by atoms with E-state index in [1.165, 1.54) is 15.2 Å². The van der Waals surface area contributed by atoms with Crippen molar-refractivity contribution in [3.05, 3.63) is 156 Å². The molecule has 3 N–H and O–H groups in total. The summed E-state index contributed by atoms with van der Waals surface area (Å²) in [6, 6.07) is 24.9. The van der Waals surface area contributed by atoms with Gasteiger partial charge >= 0.3 is 0 Å². The fraction of sp³-hybridized carbons (Fsp3) is 0.377. The SMILES string of the molecule is C1COCCN1.COc1ccc2c(Cl)ccnc2c1.COc1ccc2c(OCCn3cc(N4CCOCC4)ccc3=O)ccnc2c1.O=c1ccc(Br)cn1CCO.O=c1ccc(N2CCOCC2)cn1CCO. The van der Waals surface area contributed by atoms with Crippen LogP contribution in [0, 0.1) is 0 Å². The van der Waals surface area contributed by atoms with Crippen LogP contribution in [0.4, 0.5) is 11.4 Å². The van der Waals surface area contributed by atoms with Crippen LogP contribution in [0.1, 0.15) is 0 Å². The molecule has 21 heteroatoms. The number of rotatable bonds is 12. The molecular weight excluding hydrogens is 1040 g/mol. The number of hydrogen-bond donors (Lipinski definition) is 3. The molecule has 10 rings (SSSR count). The van der Waals surface area contributed by atoms with Crippen LogP contribution in [0.3, 0.4) is 0 Å². The van der Waals surface area contributed by atoms with Crippen LogP contribution in [0.15, 0.2) is 135 Å². The van der Waals surface area contributed by atoms with E-state index >= 15 is 0 Å². The molecule has 3 aliphatic rings. The fourth-order valence-electron chi connectivity index (χ4n) is 7.64. The van der Waals surface area contributed by atoms with Gasteiger partial charge in [0.1, 0.15) is 23.9 Å². The number of pyridine rings is 5. The molecule has 7 aromatic rings. The van der Waals surface area contributed by atoms with Gasteiger partial charge in [-0.25, -0.2) is 0 Å². The molecule has 0 aliphatic carbocycles. The third-order valence-electron chi connectivity index (χ3n) is 11.6. The average molecular weight is 1100 g/mol. The van der Waals surface area contributed by atoms with Crippen LogP contribution in [0.5, 0.6) is 17.2 Å². The van der Waals surface area contributed by atoms with Gasteiger partial charge in [0.15, 0.2) is 0 Å². The lowest BCUT2D eigenvalue weighted by Gasteiger charge is -2.29. The van der Waals surface area contributed by atoms with Crippen LogP contribution in [0.2, 0.25) is 5.02 Å². The Bertz CT molecular complexity index is 2990. The van der Waals surface area contributed by atoms with Gasteiger partial charge in [0.05, 0.1) is 101 Å². The second-order valence-corrected chi connectivity index (χ2v) is 17.8. The number of anilines is 2. The summed E-state index contributed by atoms with van der Waals surface area (Å²) in [4.78, 5) is 47.6. The van der Waals surface area contributed by atoms with Gasteiger partial charge in [-0.3, -0.25) is 24.4 Å². The summed E-state index contributed by atoms with van der Waals surface area (Å²) in [5.74, 6) is 2.29. The summed E-state index contributed by atoms with van der Waals surface area (Å²) in [5.41, 5.74) is 3.49. The van der Waals surface area contributed by atoms with Gasteiger partial charge in [0.2, 0.25) is 0 Å². The van der Waals surface area contributed by atoms with Crippen molar-refractivity contribution in [2.75, 3.05) is 123 Å². The molecule has 2 aromatic carbocycles. The predicted octanol–water partition coefficient (Wildman–Crippen LogP) is 5.10. The minimum absolute atomic E-state index is 0.0175. The van der Waals surface area contributed by atoms with Crippen LogP contribution in [-0.2, 0) is 33.8 Å². The quantitative estimate of drug-likeness (QED) is 0.146. The Morgan fingerprint density at radius 1 is 0.595 bits per heavy atom. The zero-order chi connectivity index (χ0) is 52.5. The second-order valence-electron chi connectivity index (χ2n) is 16.4. The molecule has 0 bridgehead atoms. The number of nitrogens with one attached hydrogen (secondary N) is 1. The third kappa shape index (κ3) is 17.7. The number of halogens is 2. The first-order chi connectivity index (χ1) is 36.1. The van der Waals surface area contributed by atoms with Crippen molar-refractivity contribution in [3.63, 3.8) is 0 Å². The van der Waals surface area contributed by atoms with Crippen LogP contribution < -0.4 is 46.0 Å². The second kappa shape index (κ2) is 30.7. The first-order valence-electron chi connectivity index (χ1n) is 24.2. The van der Waals surface area contributed by atoms with Crippen LogP contribution in [0.25, 0.3) is 21.8 Å². The number of nitrogens with zero attached hydrogens (tertiary/aromatic N) is 7. The summed E-state index contributed by atoms with van der Waals surface area (Å²) < 4.78 is 37.5. The average Bonchev–Trinajstić information content (AvgIpc) is 3.44. The van der Waals surface area contributed by atoms with Crippen molar-refractivity contribution in [2.45, 2.75) is 19.6 Å². The Morgan fingerprint density at radius 2 is 1.07 bits per heavy atom. The van der Waals surface area contributed by atoms with Crippen molar-refractivity contribution in [1.29, 1.82) is 0 Å². The van der Waals surface area contributed by atoms with E-state index in [2.05, 4.69) is 41.0 Å². The molecule has 0 spiro atoms. The van der Waals surface area contributed by atoms with Crippen LogP contribution in [-0.4, -0.2) is 147 Å². The Balaban J connectivity index is 0.000000165. The van der Waals surface area contributed by atoms with Crippen molar-refractivity contribution in [1.82, 2.24) is 29.0 Å². The summed E-state index contributed by atoms with van der Waals surface area (Å²) in [7, 11) is 3.26. The van der Waals surface area contributed by atoms with Gasteiger partial charge in [-0.05, 0) is 70.5 Å². The minimum Gasteiger partial charge on any atom is -0.497 e. The molecule has 0 atom stereocenters. The Morgan fingerprint density at radius 3 is 1.57 bits per heavy atom. The number of morpholine rings is 3. The minimum atomic E-state index is -0.0951. The zero-order valence-corrected chi connectivity index (χ0v) is 44.0. The van der Waals surface area contributed by atoms with Crippen molar-refractivity contribution >= 4 is 60.7 Å². The predicted molar refractivity (Wildman–Crippen MR) is 291 cm³/mol. The van der Waals surface area contributed by atoms with Crippen molar-refractivity contribution in [3.8, 4) is 17.2 Å².